The number of aryl methyl sites for hydroxylation is 2. The molecule has 4 nitrogen and oxygen atoms in total. The number of benzene rings is 6. The Bertz CT molecular complexity index is 3340. The molecule has 0 atom stereocenters. The van der Waals surface area contributed by atoms with Crippen molar-refractivity contribution in [3.05, 3.63) is 204 Å². The van der Waals surface area contributed by atoms with Gasteiger partial charge in [0.1, 0.15) is 5.76 Å². The smallest absolute Gasteiger partial charge is 0.159 e. The second kappa shape index (κ2) is 18.9. The number of aromatic nitrogens is 2. The molecule has 1 N–H and O–H groups in total. The summed E-state index contributed by atoms with van der Waals surface area (Å²) in [5.41, 5.74) is 21.3. The molecule has 358 valence electrons. The maximum Gasteiger partial charge on any atom is 0.159 e. The summed E-state index contributed by atoms with van der Waals surface area (Å²) in [6, 6.07) is 55.0. The van der Waals surface area contributed by atoms with Crippen LogP contribution < -0.4 is 0 Å². The molecule has 0 saturated heterocycles. The van der Waals surface area contributed by atoms with Crippen molar-refractivity contribution in [1.29, 1.82) is 0 Å². The minimum absolute atomic E-state index is 0.0222. The first-order valence-corrected chi connectivity index (χ1v) is 25.2. The average Bonchev–Trinajstić information content (AvgIpc) is 3.54. The molecule has 0 unspecified atom stereocenters. The fourth-order valence-corrected chi connectivity index (χ4v) is 10.8. The molecule has 0 aliphatic heterocycles. The van der Waals surface area contributed by atoms with Crippen LogP contribution >= 0.6 is 0 Å². The minimum Gasteiger partial charge on any atom is -0.512 e. The lowest BCUT2D eigenvalue weighted by Crippen LogP contribution is -2.17. The Kier molecular flexibility index (Phi) is 13.0. The summed E-state index contributed by atoms with van der Waals surface area (Å²) in [5, 5.41) is 10.7. The quantitative estimate of drug-likeness (QED) is 0.104. The maximum absolute atomic E-state index is 13.3. The summed E-state index contributed by atoms with van der Waals surface area (Å²) < 4.78 is 0. The molecule has 0 saturated carbocycles. The molecule has 6 aromatic carbocycles. The first kappa shape index (κ1) is 48.8. The van der Waals surface area contributed by atoms with Crippen molar-refractivity contribution in [2.75, 3.05) is 0 Å². The average molecular weight is 933 g/mol. The molecular weight excluding hydrogens is 865 g/mol. The normalized spacial score (nSPS) is 14.3. The van der Waals surface area contributed by atoms with Gasteiger partial charge in [0, 0.05) is 47.0 Å². The van der Waals surface area contributed by atoms with Gasteiger partial charge in [0.15, 0.2) is 5.78 Å². The number of fused-ring (bicyclic) bond motifs is 1. The van der Waals surface area contributed by atoms with Crippen LogP contribution in [0.1, 0.15) is 110 Å². The zero-order valence-electron chi connectivity index (χ0n) is 43.5. The van der Waals surface area contributed by atoms with E-state index in [9.17, 15) is 9.90 Å². The highest BCUT2D eigenvalue weighted by atomic mass is 16.3. The van der Waals surface area contributed by atoms with Crippen LogP contribution in [0.4, 0.5) is 0 Å². The molecule has 8 aromatic rings. The van der Waals surface area contributed by atoms with Gasteiger partial charge < -0.3 is 5.11 Å². The van der Waals surface area contributed by atoms with Gasteiger partial charge in [0.05, 0.1) is 11.4 Å². The standard InChI is InChI=1S/C67H68N2O2/c1-43-34-61(47-29-31-59-60(38-47)67(10,11)42-66(59,8)9)69-41-58(43)57-23-17-16-22-56(57)50-36-48(53-19-13-12-18-44(53)28-30-52(70)40-63(71)65(5,6)7)35-49(37-50)55-21-15-14-20-54(55)45-24-26-46(27-25-45)62-39-51(32-33-68-62)64(2,3)4/h12-27,29,31-41,71H,28,30,42H2,1-11H3/b63-40-. The van der Waals surface area contributed by atoms with Gasteiger partial charge in [-0.15, -0.1) is 0 Å². The summed E-state index contributed by atoms with van der Waals surface area (Å²) in [6.45, 7) is 24.1. The monoisotopic (exact) mass is 933 g/mol. The van der Waals surface area contributed by atoms with E-state index in [-0.39, 0.29) is 34.2 Å². The van der Waals surface area contributed by atoms with Crippen molar-refractivity contribution < 1.29 is 9.90 Å². The van der Waals surface area contributed by atoms with Crippen LogP contribution in [-0.2, 0) is 27.5 Å². The number of carbonyl (C=O) groups is 1. The number of hydrogen-bond donors (Lipinski definition) is 1. The zero-order chi connectivity index (χ0) is 50.5. The van der Waals surface area contributed by atoms with Crippen molar-refractivity contribution >= 4 is 5.78 Å². The predicted octanol–water partition coefficient (Wildman–Crippen LogP) is 17.7. The highest BCUT2D eigenvalue weighted by Crippen LogP contribution is 2.50. The number of ketones is 1. The van der Waals surface area contributed by atoms with E-state index < -0.39 is 5.41 Å². The van der Waals surface area contributed by atoms with Gasteiger partial charge in [-0.2, -0.15) is 0 Å². The molecule has 4 heteroatoms. The summed E-state index contributed by atoms with van der Waals surface area (Å²) in [6.07, 6.45) is 7.31. The van der Waals surface area contributed by atoms with E-state index in [4.69, 9.17) is 9.97 Å². The van der Waals surface area contributed by atoms with Crippen molar-refractivity contribution in [1.82, 2.24) is 9.97 Å². The lowest BCUT2D eigenvalue weighted by Gasteiger charge is -2.22. The predicted molar refractivity (Wildman–Crippen MR) is 298 cm³/mol. The van der Waals surface area contributed by atoms with Crippen molar-refractivity contribution in [3.8, 4) is 78.1 Å². The molecule has 2 heterocycles. The third-order valence-corrected chi connectivity index (χ3v) is 14.6. The van der Waals surface area contributed by atoms with E-state index >= 15 is 0 Å². The molecule has 0 fully saturated rings. The number of nitrogens with zero attached hydrogens (tertiary/aromatic N) is 2. The Morgan fingerprint density at radius 1 is 0.549 bits per heavy atom. The number of rotatable bonds is 11. The third-order valence-electron chi connectivity index (χ3n) is 14.6. The Hall–Kier alpha value is -7.17. The Morgan fingerprint density at radius 2 is 1.07 bits per heavy atom. The summed E-state index contributed by atoms with van der Waals surface area (Å²) in [7, 11) is 0. The fourth-order valence-electron chi connectivity index (χ4n) is 10.8. The van der Waals surface area contributed by atoms with E-state index in [0.29, 0.717) is 6.42 Å². The second-order valence-corrected chi connectivity index (χ2v) is 23.1. The summed E-state index contributed by atoms with van der Waals surface area (Å²) >= 11 is 0. The highest BCUT2D eigenvalue weighted by Gasteiger charge is 2.41. The number of aliphatic hydroxyl groups is 1. The Morgan fingerprint density at radius 3 is 1.69 bits per heavy atom. The molecule has 71 heavy (non-hydrogen) atoms. The third kappa shape index (κ3) is 10.2. The second-order valence-electron chi connectivity index (χ2n) is 23.1. The first-order chi connectivity index (χ1) is 33.7. The van der Waals surface area contributed by atoms with E-state index in [1.54, 1.807) is 0 Å². The fraction of sp³-hybridized carbons (Fsp3) is 0.269. The van der Waals surface area contributed by atoms with Crippen LogP contribution in [0.15, 0.2) is 176 Å². The molecule has 1 aliphatic carbocycles. The zero-order valence-corrected chi connectivity index (χ0v) is 43.5. The Balaban J connectivity index is 1.15. The number of carbonyl (C=O) groups excluding carboxylic acids is 1. The minimum atomic E-state index is -0.498. The highest BCUT2D eigenvalue weighted by molar-refractivity contribution is 5.93. The molecule has 0 amide bonds. The van der Waals surface area contributed by atoms with E-state index in [0.717, 1.165) is 95.7 Å². The molecule has 9 rings (SSSR count). The van der Waals surface area contributed by atoms with Gasteiger partial charge in [-0.3, -0.25) is 14.8 Å². The SMILES string of the molecule is Cc1cc(-c2ccc3c(c2)C(C)(C)CC3(C)C)ncc1-c1ccccc1-c1cc(-c2ccccc2CCC(=O)/C=C(\O)C(C)(C)C)cc(-c2ccccc2-c2ccc(-c3cc(C(C)(C)C)ccn3)cc2)c1. The topological polar surface area (TPSA) is 63.1 Å². The molecular formula is C67H68N2O2. The summed E-state index contributed by atoms with van der Waals surface area (Å²) in [4.78, 5) is 23.2. The van der Waals surface area contributed by atoms with E-state index in [2.05, 4.69) is 207 Å². The van der Waals surface area contributed by atoms with Crippen molar-refractivity contribution in [3.63, 3.8) is 0 Å². The number of pyridine rings is 2. The molecule has 2 aromatic heterocycles. The number of aliphatic hydroxyl groups excluding tert-OH is 1. The van der Waals surface area contributed by atoms with Gasteiger partial charge in [-0.25, -0.2) is 0 Å². The molecule has 0 radical (unpaired) electrons. The van der Waals surface area contributed by atoms with Crippen LogP contribution in [0.5, 0.6) is 0 Å². The van der Waals surface area contributed by atoms with Crippen LogP contribution in [0, 0.1) is 12.3 Å². The largest absolute Gasteiger partial charge is 0.512 e. The first-order valence-electron chi connectivity index (χ1n) is 25.2. The van der Waals surface area contributed by atoms with E-state index in [1.165, 1.54) is 22.8 Å². The molecule has 0 bridgehead atoms. The van der Waals surface area contributed by atoms with Gasteiger partial charge in [-0.05, 0) is 156 Å². The number of hydrogen-bond acceptors (Lipinski definition) is 4. The Labute approximate surface area is 422 Å². The molecule has 1 aliphatic rings. The van der Waals surface area contributed by atoms with Crippen LogP contribution in [-0.4, -0.2) is 20.9 Å². The van der Waals surface area contributed by atoms with Crippen LogP contribution in [0.25, 0.3) is 78.1 Å². The van der Waals surface area contributed by atoms with Gasteiger partial charge in [-0.1, -0.05) is 178 Å². The van der Waals surface area contributed by atoms with Crippen LogP contribution in [0.2, 0.25) is 0 Å². The van der Waals surface area contributed by atoms with Gasteiger partial charge in [0.2, 0.25) is 0 Å². The van der Waals surface area contributed by atoms with Crippen molar-refractivity contribution in [2.45, 2.75) is 112 Å². The lowest BCUT2D eigenvalue weighted by atomic mass is 9.82. The van der Waals surface area contributed by atoms with Crippen LogP contribution in [0.3, 0.4) is 0 Å². The number of allylic oxidation sites excluding steroid dienone is 2. The maximum atomic E-state index is 13.3. The lowest BCUT2D eigenvalue weighted by molar-refractivity contribution is -0.114. The van der Waals surface area contributed by atoms with Crippen molar-refractivity contribution in [2.24, 2.45) is 5.41 Å². The van der Waals surface area contributed by atoms with Gasteiger partial charge in [0.25, 0.3) is 0 Å². The summed E-state index contributed by atoms with van der Waals surface area (Å²) in [5.74, 6) is 0.00941. The van der Waals surface area contributed by atoms with Gasteiger partial charge >= 0.3 is 0 Å². The van der Waals surface area contributed by atoms with E-state index in [1.807, 2.05) is 33.0 Å². The molecule has 0 spiro atoms.